The first-order valence-electron chi connectivity index (χ1n) is 11.4. The Kier molecular flexibility index (Phi) is 4.20. The topological polar surface area (TPSA) is 79.5 Å². The van der Waals surface area contributed by atoms with Crippen LogP contribution in [0.5, 0.6) is 0 Å². The van der Waals surface area contributed by atoms with E-state index >= 15 is 0 Å². The molecule has 1 aromatic rings. The van der Waals surface area contributed by atoms with Crippen molar-refractivity contribution in [3.05, 3.63) is 33.7 Å². The van der Waals surface area contributed by atoms with Gasteiger partial charge in [-0.2, -0.15) is 5.26 Å². The molecule has 5 heteroatoms. The minimum Gasteiger partial charge on any atom is -0.458 e. The Hall–Kier alpha value is -2.22. The summed E-state index contributed by atoms with van der Waals surface area (Å²) >= 11 is 0. The summed E-state index contributed by atoms with van der Waals surface area (Å²) in [5.74, 6) is 1.48. The maximum absolute atomic E-state index is 12.8. The van der Waals surface area contributed by atoms with E-state index in [0.29, 0.717) is 23.3 Å². The van der Waals surface area contributed by atoms with E-state index in [2.05, 4.69) is 18.2 Å². The molecule has 1 saturated heterocycles. The number of nitroso groups, excluding NO2 is 1. The van der Waals surface area contributed by atoms with E-state index < -0.39 is 0 Å². The normalized spacial score (nSPS) is 38.7. The van der Waals surface area contributed by atoms with Crippen LogP contribution in [0.2, 0.25) is 0 Å². The molecule has 1 heterocycles. The van der Waals surface area contributed by atoms with Crippen LogP contribution >= 0.6 is 0 Å². The number of carbonyl (C=O) groups excluding carboxylic acids is 1. The van der Waals surface area contributed by atoms with Crippen LogP contribution in [0.1, 0.15) is 88.3 Å². The van der Waals surface area contributed by atoms with E-state index in [9.17, 15) is 15.0 Å². The zero-order chi connectivity index (χ0) is 21.3. The van der Waals surface area contributed by atoms with Crippen LogP contribution in [-0.4, -0.2) is 11.6 Å². The average Bonchev–Trinajstić information content (AvgIpc) is 3.02. The number of nitrogens with zero attached hydrogens (tertiary/aromatic N) is 2. The second-order valence-corrected chi connectivity index (χ2v) is 10.9. The molecule has 158 valence electrons. The van der Waals surface area contributed by atoms with Crippen LogP contribution in [0.4, 0.5) is 5.69 Å². The summed E-state index contributed by atoms with van der Waals surface area (Å²) in [5.41, 5.74) is 2.44. The van der Waals surface area contributed by atoms with Gasteiger partial charge in [0, 0.05) is 5.41 Å². The predicted molar refractivity (Wildman–Crippen MR) is 113 cm³/mol. The summed E-state index contributed by atoms with van der Waals surface area (Å²) in [5, 5.41) is 12.5. The zero-order valence-corrected chi connectivity index (χ0v) is 18.2. The average molecular weight is 407 g/mol. The van der Waals surface area contributed by atoms with Gasteiger partial charge < -0.3 is 4.74 Å². The van der Waals surface area contributed by atoms with Crippen molar-refractivity contribution in [2.45, 2.75) is 83.7 Å². The van der Waals surface area contributed by atoms with Crippen molar-refractivity contribution in [2.75, 3.05) is 0 Å². The Bertz CT molecular complexity index is 977. The van der Waals surface area contributed by atoms with Crippen molar-refractivity contribution in [3.8, 4) is 6.07 Å². The summed E-state index contributed by atoms with van der Waals surface area (Å²) in [6.07, 6.45) is 8.07. The standard InChI is InChI=1S/C25H30N2O3/c1-23(2)10-11-25(30-22(23)28)9-7-20-18-5-4-15-13-21(27-29)16(14-26)12-19(15)17(18)6-8-24(20,25)3/h12-13,17-18,20H,4-11H2,1-3H3/t17?,18?,20?,24-,25?/m0/s1. The number of esters is 1. The summed E-state index contributed by atoms with van der Waals surface area (Å²) in [4.78, 5) is 23.9. The highest BCUT2D eigenvalue weighted by Crippen LogP contribution is 2.67. The van der Waals surface area contributed by atoms with Gasteiger partial charge in [0.2, 0.25) is 0 Å². The Morgan fingerprint density at radius 1 is 1.10 bits per heavy atom. The number of hydrogen-bond acceptors (Lipinski definition) is 5. The fourth-order valence-corrected chi connectivity index (χ4v) is 7.43. The number of ether oxygens (including phenoxy) is 1. The van der Waals surface area contributed by atoms with E-state index in [1.54, 1.807) is 0 Å². The van der Waals surface area contributed by atoms with Gasteiger partial charge in [-0.1, -0.05) is 6.92 Å². The highest BCUT2D eigenvalue weighted by atomic mass is 16.6. The molecule has 0 aromatic heterocycles. The lowest BCUT2D eigenvalue weighted by Gasteiger charge is -2.56. The van der Waals surface area contributed by atoms with Crippen LogP contribution in [0, 0.1) is 38.9 Å². The molecular weight excluding hydrogens is 376 g/mol. The largest absolute Gasteiger partial charge is 0.458 e. The minimum absolute atomic E-state index is 0.0280. The Morgan fingerprint density at radius 2 is 1.90 bits per heavy atom. The van der Waals surface area contributed by atoms with Gasteiger partial charge in [0.25, 0.3) is 0 Å². The molecule has 5 nitrogen and oxygen atoms in total. The Labute approximate surface area is 178 Å². The molecule has 1 aliphatic heterocycles. The first-order chi connectivity index (χ1) is 14.2. The molecule has 0 radical (unpaired) electrons. The lowest BCUT2D eigenvalue weighted by molar-refractivity contribution is -0.206. The Balaban J connectivity index is 1.49. The highest BCUT2D eigenvalue weighted by Gasteiger charge is 2.65. The molecule has 5 atom stereocenters. The van der Waals surface area contributed by atoms with E-state index in [-0.39, 0.29) is 28.1 Å². The first kappa shape index (κ1) is 19.7. The van der Waals surface area contributed by atoms with E-state index in [1.165, 1.54) is 11.1 Å². The van der Waals surface area contributed by atoms with Gasteiger partial charge in [-0.3, -0.25) is 4.79 Å². The lowest BCUT2D eigenvalue weighted by Crippen LogP contribution is -2.56. The molecule has 30 heavy (non-hydrogen) atoms. The second-order valence-electron chi connectivity index (χ2n) is 10.9. The zero-order valence-electron chi connectivity index (χ0n) is 18.2. The van der Waals surface area contributed by atoms with Crippen LogP contribution in [0.3, 0.4) is 0 Å². The van der Waals surface area contributed by atoms with Crippen LogP contribution in [0.15, 0.2) is 17.3 Å². The van der Waals surface area contributed by atoms with Gasteiger partial charge in [-0.15, -0.1) is 4.91 Å². The SMILES string of the molecule is CC1(C)CCC2(CCC3C4CCc5cc(N=O)c(C#N)cc5C4CC[C@@]32C)OC1=O. The number of rotatable bonds is 1. The van der Waals surface area contributed by atoms with Gasteiger partial charge >= 0.3 is 5.97 Å². The number of aryl methyl sites for hydroxylation is 1. The lowest BCUT2D eigenvalue weighted by atomic mass is 9.52. The van der Waals surface area contributed by atoms with Crippen molar-refractivity contribution < 1.29 is 9.53 Å². The molecular formula is C25H30N2O3. The molecule has 0 N–H and O–H groups in total. The van der Waals surface area contributed by atoms with Gasteiger partial charge in [-0.25, -0.2) is 0 Å². The minimum atomic E-state index is -0.376. The summed E-state index contributed by atoms with van der Waals surface area (Å²) in [7, 11) is 0. The fourth-order valence-electron chi connectivity index (χ4n) is 7.43. The van der Waals surface area contributed by atoms with E-state index in [4.69, 9.17) is 4.74 Å². The monoisotopic (exact) mass is 406 g/mol. The first-order valence-corrected chi connectivity index (χ1v) is 11.4. The molecule has 1 aromatic carbocycles. The third kappa shape index (κ3) is 2.49. The summed E-state index contributed by atoms with van der Waals surface area (Å²) < 4.78 is 6.31. The van der Waals surface area contributed by atoms with Crippen molar-refractivity contribution in [1.29, 1.82) is 5.26 Å². The predicted octanol–water partition coefficient (Wildman–Crippen LogP) is 5.91. The molecule has 3 fully saturated rings. The van der Waals surface area contributed by atoms with Crippen molar-refractivity contribution in [1.82, 2.24) is 0 Å². The van der Waals surface area contributed by atoms with Crippen molar-refractivity contribution >= 4 is 11.7 Å². The molecule has 1 spiro atoms. The van der Waals surface area contributed by atoms with E-state index in [1.807, 2.05) is 26.0 Å². The molecule has 3 aliphatic carbocycles. The van der Waals surface area contributed by atoms with Crippen LogP contribution in [0.25, 0.3) is 0 Å². The van der Waals surface area contributed by atoms with Crippen LogP contribution in [-0.2, 0) is 16.0 Å². The molecule has 4 unspecified atom stereocenters. The van der Waals surface area contributed by atoms with Gasteiger partial charge in [-0.05, 0) is 111 Å². The maximum atomic E-state index is 12.8. The Morgan fingerprint density at radius 3 is 2.60 bits per heavy atom. The molecule has 0 amide bonds. The number of fused-ring (bicyclic) bond motifs is 6. The van der Waals surface area contributed by atoms with Crippen molar-refractivity contribution in [3.63, 3.8) is 0 Å². The number of benzene rings is 1. The number of nitriles is 1. The van der Waals surface area contributed by atoms with E-state index in [0.717, 1.165) is 51.4 Å². The van der Waals surface area contributed by atoms with Gasteiger partial charge in [0.05, 0.1) is 11.0 Å². The highest BCUT2D eigenvalue weighted by molar-refractivity contribution is 5.77. The molecule has 5 rings (SSSR count). The quantitative estimate of drug-likeness (QED) is 0.429. The number of hydrogen-bond donors (Lipinski definition) is 0. The maximum Gasteiger partial charge on any atom is 0.312 e. The number of carbonyl (C=O) groups is 1. The summed E-state index contributed by atoms with van der Waals surface area (Å²) in [6.45, 7) is 6.38. The smallest absolute Gasteiger partial charge is 0.312 e. The second kappa shape index (κ2) is 6.39. The van der Waals surface area contributed by atoms with Crippen molar-refractivity contribution in [2.24, 2.45) is 27.8 Å². The van der Waals surface area contributed by atoms with Crippen LogP contribution < -0.4 is 0 Å². The van der Waals surface area contributed by atoms with Gasteiger partial charge in [0.15, 0.2) is 0 Å². The molecule has 2 saturated carbocycles. The fraction of sp³-hybridized carbons (Fsp3) is 0.680. The van der Waals surface area contributed by atoms with Gasteiger partial charge in [0.1, 0.15) is 17.4 Å². The molecule has 0 bridgehead atoms. The summed E-state index contributed by atoms with van der Waals surface area (Å²) in [6, 6.07) is 5.92. The molecule has 4 aliphatic rings. The third-order valence-electron chi connectivity index (χ3n) is 9.34. The third-order valence-corrected chi connectivity index (χ3v) is 9.34.